The Bertz CT molecular complexity index is 2800. The summed E-state index contributed by atoms with van der Waals surface area (Å²) in [5.41, 5.74) is 0. The van der Waals surface area contributed by atoms with Gasteiger partial charge in [-0.1, -0.05) is 0 Å². The van der Waals surface area contributed by atoms with Crippen LogP contribution in [0, 0.1) is 0 Å². The largest absolute Gasteiger partial charge is 0.477 e. The second kappa shape index (κ2) is 38.9. The molecule has 7 aliphatic rings. The van der Waals surface area contributed by atoms with Crippen LogP contribution in [0.25, 0.3) is 0 Å². The summed E-state index contributed by atoms with van der Waals surface area (Å²) in [5.74, 6) is -9.01. The first-order valence-electron chi connectivity index (χ1n) is 33.5. The van der Waals surface area contributed by atoms with Crippen molar-refractivity contribution >= 4 is 29.6 Å². The van der Waals surface area contributed by atoms with E-state index in [9.17, 15) is 147 Å². The van der Waals surface area contributed by atoms with E-state index in [2.05, 4.69) is 21.3 Å². The van der Waals surface area contributed by atoms with Crippen molar-refractivity contribution in [1.29, 1.82) is 0 Å². The number of rotatable bonds is 32. The number of carbonyl (C=O) groups is 5. The Kier molecular flexibility index (Phi) is 32.7. The SMILES string of the molecule is CC(=O)N[C@H]1[C@H](OC[C@@H](O)[C@H](O)[C@H](O[C@@H]2O[C@H](CO)[C@H](O)[C@H](O[C@@H]3O[C@H](CO)[C@@H](O[C@@H]4O[C@H](CO)[C@H](O)[C@H](O)[C@H]4O[C@@H]4O[C@@H](C)[C@@H](O)[C@@H](O)[C@@H]4O)[C@H](O)[C@H]3NC(C)=O)[C@H]2O)[C@H](CO)NC(C)=O)O[C@H](CO)[C@@H](O[C@@H]2O[C@H](CO)[C@H](O)[C@H](O[C@]3(C(=O)O)C[C@H](O)[C@@H](NC(C)=O)[C@H]([C@H](O)[C@H](O)CO)O3)[C@H]2O)[C@@H]1O. The Hall–Kier alpha value is -4.13. The second-order valence-corrected chi connectivity index (χ2v) is 26.5. The molecule has 4 amide bonds. The molecule has 0 radical (unpaired) electrons. The number of amides is 4. The van der Waals surface area contributed by atoms with Crippen LogP contribution in [0.15, 0.2) is 0 Å². The molecule has 0 aliphatic carbocycles. The number of ether oxygens (including phenoxy) is 14. The van der Waals surface area contributed by atoms with Crippen molar-refractivity contribution in [1.82, 2.24) is 21.3 Å². The third kappa shape index (κ3) is 20.2. The zero-order chi connectivity index (χ0) is 79.0. The van der Waals surface area contributed by atoms with Gasteiger partial charge in [0.2, 0.25) is 23.6 Å². The van der Waals surface area contributed by atoms with Crippen LogP contribution < -0.4 is 21.3 Å². The molecule has 7 heterocycles. The Balaban J connectivity index is 1.09. The number of aliphatic carboxylic acids is 1. The zero-order valence-electron chi connectivity index (χ0n) is 57.4. The third-order valence-electron chi connectivity index (χ3n) is 18.8. The van der Waals surface area contributed by atoms with E-state index in [0.717, 1.165) is 27.7 Å². The highest BCUT2D eigenvalue weighted by Crippen LogP contribution is 2.41. The smallest absolute Gasteiger partial charge is 0.364 e. The fourth-order valence-corrected chi connectivity index (χ4v) is 13.2. The number of hydrogen-bond donors (Lipinski definition) is 28. The van der Waals surface area contributed by atoms with E-state index in [1.54, 1.807) is 0 Å². The second-order valence-electron chi connectivity index (χ2n) is 26.5. The van der Waals surface area contributed by atoms with Crippen molar-refractivity contribution < 1.29 is 213 Å². The first-order chi connectivity index (χ1) is 49.9. The maximum absolute atomic E-state index is 13.1. The van der Waals surface area contributed by atoms with Gasteiger partial charge in [-0.3, -0.25) is 19.2 Å². The minimum absolute atomic E-state index is 0.851. The maximum Gasteiger partial charge on any atom is 0.364 e. The van der Waals surface area contributed by atoms with Crippen molar-refractivity contribution in [3.8, 4) is 0 Å². The van der Waals surface area contributed by atoms with Crippen LogP contribution in [-0.4, -0.2) is 450 Å². The number of carboxylic acid groups (broad SMARTS) is 1. The number of carboxylic acids is 1. The number of nitrogens with one attached hydrogen (secondary N) is 4. The molecule has 7 saturated heterocycles. The molecule has 0 aromatic carbocycles. The lowest BCUT2D eigenvalue weighted by Gasteiger charge is -2.51. The first-order valence-corrected chi connectivity index (χ1v) is 33.5. The quantitative estimate of drug-likeness (QED) is 0.0297. The van der Waals surface area contributed by atoms with Gasteiger partial charge in [-0.05, 0) is 6.92 Å². The summed E-state index contributed by atoms with van der Waals surface area (Å²) < 4.78 is 81.0. The molecule has 7 fully saturated rings. The third-order valence-corrected chi connectivity index (χ3v) is 18.8. The van der Waals surface area contributed by atoms with Gasteiger partial charge in [0.25, 0.3) is 5.79 Å². The highest BCUT2D eigenvalue weighted by Gasteiger charge is 2.62. The van der Waals surface area contributed by atoms with Gasteiger partial charge in [0.1, 0.15) is 177 Å². The lowest BCUT2D eigenvalue weighted by molar-refractivity contribution is -0.389. The van der Waals surface area contributed by atoms with E-state index < -0.39 is 334 Å². The first kappa shape index (κ1) is 89.1. The highest BCUT2D eigenvalue weighted by molar-refractivity contribution is 5.77. The summed E-state index contributed by atoms with van der Waals surface area (Å²) in [5, 5.41) is 273. The molecule has 0 bridgehead atoms. The van der Waals surface area contributed by atoms with Crippen molar-refractivity contribution in [2.24, 2.45) is 0 Å². The normalized spacial score (nSPS) is 44.1. The predicted octanol–water partition coefficient (Wildman–Crippen LogP) is -18.0. The van der Waals surface area contributed by atoms with Crippen molar-refractivity contribution in [3.05, 3.63) is 0 Å². The summed E-state index contributed by atoms with van der Waals surface area (Å²) in [7, 11) is 0. The van der Waals surface area contributed by atoms with Gasteiger partial charge in [-0.15, -0.1) is 0 Å². The number of carbonyl (C=O) groups excluding carboxylic acids is 4. The fourth-order valence-electron chi connectivity index (χ4n) is 13.2. The molecule has 0 saturated carbocycles. The summed E-state index contributed by atoms with van der Waals surface area (Å²) in [6, 6.07) is -7.35. The van der Waals surface area contributed by atoms with Crippen LogP contribution >= 0.6 is 0 Å². The Morgan fingerprint density at radius 3 is 1.42 bits per heavy atom. The average Bonchev–Trinajstić information content (AvgIpc) is 0.907. The van der Waals surface area contributed by atoms with Crippen molar-refractivity contribution in [2.45, 2.75) is 286 Å². The Morgan fingerprint density at radius 1 is 0.443 bits per heavy atom. The van der Waals surface area contributed by atoms with Crippen molar-refractivity contribution in [3.63, 3.8) is 0 Å². The topological polar surface area (TPSA) is 748 Å². The number of aliphatic hydroxyl groups excluding tert-OH is 23. The molecule has 47 heteroatoms. The zero-order valence-corrected chi connectivity index (χ0v) is 57.4. The Morgan fingerprint density at radius 2 is 0.896 bits per heavy atom. The molecule has 0 aromatic heterocycles. The number of hydrogen-bond acceptors (Lipinski definition) is 42. The lowest BCUT2D eigenvalue weighted by atomic mass is 9.88. The van der Waals surface area contributed by atoms with Gasteiger partial charge in [-0.25, -0.2) is 4.79 Å². The molecular weight excluding hydrogens is 1450 g/mol. The molecule has 40 atom stereocenters. The van der Waals surface area contributed by atoms with Crippen molar-refractivity contribution in [2.75, 3.05) is 52.9 Å². The summed E-state index contributed by atoms with van der Waals surface area (Å²) in [6.45, 7) is -4.10. The maximum atomic E-state index is 13.1. The summed E-state index contributed by atoms with van der Waals surface area (Å²) >= 11 is 0. The summed E-state index contributed by atoms with van der Waals surface area (Å²) in [4.78, 5) is 63.4. The van der Waals surface area contributed by atoms with Gasteiger partial charge < -0.3 is 210 Å². The Labute approximate surface area is 601 Å². The van der Waals surface area contributed by atoms with E-state index in [0.29, 0.717) is 0 Å². The van der Waals surface area contributed by atoms with Crippen LogP contribution in [-0.2, 0) is 90.3 Å². The molecular formula is C59H100N4O43. The molecule has 0 aromatic rings. The van der Waals surface area contributed by atoms with Crippen LogP contribution in [0.3, 0.4) is 0 Å². The number of aliphatic hydroxyl groups is 23. The van der Waals surface area contributed by atoms with Gasteiger partial charge in [0.05, 0.1) is 77.1 Å². The molecule has 0 spiro atoms. The van der Waals surface area contributed by atoms with Gasteiger partial charge in [-0.2, -0.15) is 0 Å². The van der Waals surface area contributed by atoms with E-state index in [4.69, 9.17) is 66.3 Å². The van der Waals surface area contributed by atoms with E-state index in [1.165, 1.54) is 6.92 Å². The molecule has 28 N–H and O–H groups in total. The van der Waals surface area contributed by atoms with Crippen LogP contribution in [0.4, 0.5) is 0 Å². The van der Waals surface area contributed by atoms with Crippen LogP contribution in [0.2, 0.25) is 0 Å². The lowest BCUT2D eigenvalue weighted by Crippen LogP contribution is -2.71. The molecule has 7 rings (SSSR count). The monoisotopic (exact) mass is 1550 g/mol. The van der Waals surface area contributed by atoms with Gasteiger partial charge >= 0.3 is 5.97 Å². The van der Waals surface area contributed by atoms with Crippen LogP contribution in [0.1, 0.15) is 41.0 Å². The highest BCUT2D eigenvalue weighted by atomic mass is 16.8. The molecule has 7 aliphatic heterocycles. The van der Waals surface area contributed by atoms with Gasteiger partial charge in [0, 0.05) is 34.1 Å². The average molecular weight is 1550 g/mol. The molecule has 0 unspecified atom stereocenters. The van der Waals surface area contributed by atoms with E-state index in [1.807, 2.05) is 0 Å². The fraction of sp³-hybridized carbons (Fsp3) is 0.915. The standard InChI is InChI=1S/C59H100N4O43/c1-15-32(78)40(86)42(88)54(94-15)104-51-41(87)35(81)24(9-66)97-57(51)102-47-28(13-70)99-53(31(39(47)85)63-19(5)74)103-49-36(82)25(10-67)95-55(43(49)89)100-45(20(7-64)60-16(2)71)34(80)23(77)14-93-52-30(62-18(4)73)38(84)46(27(12-69)98-52)101-56-44(90)50(37(83)26(11-68)96-56)106-59(58(91)92)6-21(75)29(61-17(3)72)48(105-59)33(79)22(76)8-65/h15,20-57,64-70,75-90H,6-14H2,1-5H3,(H,60,71)(H,61,72)(H,62,73)(H,63,74)(H,91,92)/t15-,20-,21-,22+,23+,24+,25+,26+,27+,28+,29+,30+,31+,32+,33+,34-,35-,36-,37-,38+,39+,40+,41-,42-,43+,44+,45+,46+,47+,48+,49-,50-,51+,52+,53-,54-,55-,56-,57-,59-/m0/s1. The van der Waals surface area contributed by atoms with E-state index >= 15 is 0 Å². The predicted molar refractivity (Wildman–Crippen MR) is 329 cm³/mol. The van der Waals surface area contributed by atoms with Gasteiger partial charge in [0.15, 0.2) is 37.7 Å². The molecule has 47 nitrogen and oxygen atoms in total. The van der Waals surface area contributed by atoms with E-state index in [-0.39, 0.29) is 0 Å². The summed E-state index contributed by atoms with van der Waals surface area (Å²) in [6.07, 6.45) is -73.6. The molecule has 106 heavy (non-hydrogen) atoms. The molecule has 614 valence electrons. The van der Waals surface area contributed by atoms with Crippen LogP contribution in [0.5, 0.6) is 0 Å². The minimum Gasteiger partial charge on any atom is -0.477 e. The minimum atomic E-state index is -3.24.